The second kappa shape index (κ2) is 6.84. The lowest BCUT2D eigenvalue weighted by Gasteiger charge is -2.14. The standard InChI is InChI=1S/C13H16ClN3OS/c1-9(5-10-3-4-19-8-10)15-12-6-11(14)16-13(17-12)7-18-2/h3-4,6,8-9H,5,7H2,1-2H3,(H,15,16,17). The van der Waals surface area contributed by atoms with Gasteiger partial charge in [-0.2, -0.15) is 11.3 Å². The Labute approximate surface area is 121 Å². The van der Waals surface area contributed by atoms with Gasteiger partial charge in [-0.05, 0) is 35.7 Å². The smallest absolute Gasteiger partial charge is 0.158 e. The van der Waals surface area contributed by atoms with E-state index in [4.69, 9.17) is 16.3 Å². The Morgan fingerprint density at radius 2 is 2.32 bits per heavy atom. The van der Waals surface area contributed by atoms with Gasteiger partial charge in [0.05, 0.1) is 0 Å². The maximum Gasteiger partial charge on any atom is 0.158 e. The van der Waals surface area contributed by atoms with Crippen molar-refractivity contribution in [2.75, 3.05) is 12.4 Å². The summed E-state index contributed by atoms with van der Waals surface area (Å²) in [5, 5.41) is 7.99. The van der Waals surface area contributed by atoms with Crippen molar-refractivity contribution in [3.8, 4) is 0 Å². The minimum Gasteiger partial charge on any atom is -0.377 e. The molecule has 0 bridgehead atoms. The van der Waals surface area contributed by atoms with Crippen LogP contribution in [0.4, 0.5) is 5.82 Å². The summed E-state index contributed by atoms with van der Waals surface area (Å²) in [6.45, 7) is 2.47. The van der Waals surface area contributed by atoms with E-state index in [1.807, 2.05) is 0 Å². The maximum atomic E-state index is 5.97. The van der Waals surface area contributed by atoms with Crippen LogP contribution in [0.3, 0.4) is 0 Å². The van der Waals surface area contributed by atoms with Crippen molar-refractivity contribution >= 4 is 28.8 Å². The van der Waals surface area contributed by atoms with Gasteiger partial charge in [-0.15, -0.1) is 0 Å². The summed E-state index contributed by atoms with van der Waals surface area (Å²) >= 11 is 7.68. The van der Waals surface area contributed by atoms with E-state index in [1.54, 1.807) is 24.5 Å². The monoisotopic (exact) mass is 297 g/mol. The molecule has 1 N–H and O–H groups in total. The molecule has 6 heteroatoms. The Bertz CT molecular complexity index is 519. The lowest BCUT2D eigenvalue weighted by molar-refractivity contribution is 0.178. The highest BCUT2D eigenvalue weighted by Gasteiger charge is 2.08. The zero-order valence-corrected chi connectivity index (χ0v) is 12.5. The molecule has 0 aliphatic heterocycles. The van der Waals surface area contributed by atoms with Crippen LogP contribution in [0.15, 0.2) is 22.9 Å². The highest BCUT2D eigenvalue weighted by atomic mass is 35.5. The van der Waals surface area contributed by atoms with Gasteiger partial charge in [0, 0.05) is 19.2 Å². The van der Waals surface area contributed by atoms with E-state index in [-0.39, 0.29) is 6.04 Å². The largest absolute Gasteiger partial charge is 0.377 e. The van der Waals surface area contributed by atoms with E-state index in [9.17, 15) is 0 Å². The first kappa shape index (κ1) is 14.2. The number of rotatable bonds is 6. The van der Waals surface area contributed by atoms with Gasteiger partial charge < -0.3 is 10.1 Å². The molecule has 0 fully saturated rings. The number of nitrogens with zero attached hydrogens (tertiary/aromatic N) is 2. The van der Waals surface area contributed by atoms with Gasteiger partial charge in [0.1, 0.15) is 17.6 Å². The molecule has 102 valence electrons. The van der Waals surface area contributed by atoms with Gasteiger partial charge in [0.25, 0.3) is 0 Å². The average molecular weight is 298 g/mol. The lowest BCUT2D eigenvalue weighted by Crippen LogP contribution is -2.19. The third kappa shape index (κ3) is 4.45. The molecule has 0 radical (unpaired) electrons. The van der Waals surface area contributed by atoms with Crippen molar-refractivity contribution in [2.24, 2.45) is 0 Å². The summed E-state index contributed by atoms with van der Waals surface area (Å²) in [6, 6.07) is 4.13. The van der Waals surface area contributed by atoms with Crippen LogP contribution in [0.25, 0.3) is 0 Å². The maximum absolute atomic E-state index is 5.97. The fraction of sp³-hybridized carbons (Fsp3) is 0.385. The van der Waals surface area contributed by atoms with Crippen molar-refractivity contribution in [2.45, 2.75) is 26.0 Å². The summed E-state index contributed by atoms with van der Waals surface area (Å²) in [4.78, 5) is 8.46. The van der Waals surface area contributed by atoms with E-state index < -0.39 is 0 Å². The van der Waals surface area contributed by atoms with Gasteiger partial charge in [0.2, 0.25) is 0 Å². The minimum atomic E-state index is 0.274. The van der Waals surface area contributed by atoms with Crippen LogP contribution in [0.1, 0.15) is 18.3 Å². The molecular formula is C13H16ClN3OS. The molecule has 1 unspecified atom stereocenters. The molecule has 0 amide bonds. The number of nitrogens with one attached hydrogen (secondary N) is 1. The fourth-order valence-electron chi connectivity index (χ4n) is 1.80. The van der Waals surface area contributed by atoms with E-state index in [1.165, 1.54) is 5.56 Å². The van der Waals surface area contributed by atoms with Gasteiger partial charge in [-0.1, -0.05) is 11.6 Å². The number of halogens is 1. The molecule has 2 rings (SSSR count). The molecule has 0 spiro atoms. The summed E-state index contributed by atoms with van der Waals surface area (Å²) in [5.74, 6) is 1.31. The highest BCUT2D eigenvalue weighted by Crippen LogP contribution is 2.15. The van der Waals surface area contributed by atoms with Gasteiger partial charge in [-0.3, -0.25) is 0 Å². The van der Waals surface area contributed by atoms with E-state index in [2.05, 4.69) is 39.0 Å². The van der Waals surface area contributed by atoms with Crippen molar-refractivity contribution in [1.82, 2.24) is 9.97 Å². The molecule has 19 heavy (non-hydrogen) atoms. The van der Waals surface area contributed by atoms with E-state index in [0.29, 0.717) is 17.6 Å². The number of methoxy groups -OCH3 is 1. The molecule has 0 aliphatic carbocycles. The molecule has 0 aliphatic rings. The summed E-state index contributed by atoms with van der Waals surface area (Å²) in [6.07, 6.45) is 0.949. The SMILES string of the molecule is COCc1nc(Cl)cc(NC(C)Cc2ccsc2)n1. The molecule has 4 nitrogen and oxygen atoms in total. The summed E-state index contributed by atoms with van der Waals surface area (Å²) < 4.78 is 5.02. The zero-order chi connectivity index (χ0) is 13.7. The number of anilines is 1. The van der Waals surface area contributed by atoms with Crippen LogP contribution < -0.4 is 5.32 Å². The normalized spacial score (nSPS) is 12.4. The van der Waals surface area contributed by atoms with Crippen molar-refractivity contribution in [3.05, 3.63) is 39.4 Å². The molecule has 0 saturated carbocycles. The van der Waals surface area contributed by atoms with Crippen molar-refractivity contribution in [3.63, 3.8) is 0 Å². The summed E-state index contributed by atoms with van der Waals surface area (Å²) in [7, 11) is 1.61. The molecule has 1 atom stereocenters. The van der Waals surface area contributed by atoms with Crippen molar-refractivity contribution < 1.29 is 4.74 Å². The Hall–Kier alpha value is -1.17. The van der Waals surface area contributed by atoms with Gasteiger partial charge in [0.15, 0.2) is 5.82 Å². The first-order valence-electron chi connectivity index (χ1n) is 5.97. The van der Waals surface area contributed by atoms with Crippen LogP contribution in [-0.4, -0.2) is 23.1 Å². The highest BCUT2D eigenvalue weighted by molar-refractivity contribution is 7.07. The Balaban J connectivity index is 2.01. The lowest BCUT2D eigenvalue weighted by atomic mass is 10.1. The van der Waals surface area contributed by atoms with Crippen LogP contribution >= 0.6 is 22.9 Å². The molecule has 2 aromatic rings. The third-order valence-corrected chi connectivity index (χ3v) is 3.46. The quantitative estimate of drug-likeness (QED) is 0.830. The number of aromatic nitrogens is 2. The van der Waals surface area contributed by atoms with Gasteiger partial charge in [-0.25, -0.2) is 9.97 Å². The van der Waals surface area contributed by atoms with Crippen LogP contribution in [0.5, 0.6) is 0 Å². The van der Waals surface area contributed by atoms with Crippen molar-refractivity contribution in [1.29, 1.82) is 0 Å². The predicted molar refractivity (Wildman–Crippen MR) is 78.9 cm³/mol. The number of hydrogen-bond donors (Lipinski definition) is 1. The van der Waals surface area contributed by atoms with E-state index in [0.717, 1.165) is 12.2 Å². The molecular weight excluding hydrogens is 282 g/mol. The first-order chi connectivity index (χ1) is 9.17. The van der Waals surface area contributed by atoms with Crippen LogP contribution in [0.2, 0.25) is 5.15 Å². The van der Waals surface area contributed by atoms with E-state index >= 15 is 0 Å². The third-order valence-electron chi connectivity index (χ3n) is 2.53. The predicted octanol–water partition coefficient (Wildman–Crippen LogP) is 3.38. The zero-order valence-electron chi connectivity index (χ0n) is 10.9. The number of thiophene rings is 1. The minimum absolute atomic E-state index is 0.274. The van der Waals surface area contributed by atoms with Crippen LogP contribution in [-0.2, 0) is 17.8 Å². The average Bonchev–Trinajstić information content (AvgIpc) is 2.81. The fourth-order valence-corrected chi connectivity index (χ4v) is 2.68. The Morgan fingerprint density at radius 1 is 1.47 bits per heavy atom. The summed E-state index contributed by atoms with van der Waals surface area (Å²) in [5.41, 5.74) is 1.32. The molecule has 2 aromatic heterocycles. The number of hydrogen-bond acceptors (Lipinski definition) is 5. The second-order valence-electron chi connectivity index (χ2n) is 4.31. The topological polar surface area (TPSA) is 47.0 Å². The first-order valence-corrected chi connectivity index (χ1v) is 7.29. The van der Waals surface area contributed by atoms with Gasteiger partial charge >= 0.3 is 0 Å². The Kier molecular flexibility index (Phi) is 5.13. The second-order valence-corrected chi connectivity index (χ2v) is 5.47. The molecule has 0 saturated heterocycles. The molecule has 2 heterocycles. The number of ether oxygens (including phenoxy) is 1. The molecule has 0 aromatic carbocycles. The van der Waals surface area contributed by atoms with Crippen LogP contribution in [0, 0.1) is 0 Å². The Morgan fingerprint density at radius 3 is 3.00 bits per heavy atom.